The van der Waals surface area contributed by atoms with Crippen LogP contribution in [0.2, 0.25) is 0 Å². The maximum atomic E-state index is 12.2. The molecule has 0 saturated heterocycles. The lowest BCUT2D eigenvalue weighted by Gasteiger charge is -2.30. The fourth-order valence-corrected chi connectivity index (χ4v) is 2.15. The largest absolute Gasteiger partial charge is 0.480 e. The van der Waals surface area contributed by atoms with Gasteiger partial charge in [-0.25, -0.2) is 9.59 Å². The average molecular weight is 284 g/mol. The van der Waals surface area contributed by atoms with E-state index in [2.05, 4.69) is 5.32 Å². The van der Waals surface area contributed by atoms with E-state index in [1.807, 2.05) is 31.4 Å². The minimum Gasteiger partial charge on any atom is -0.480 e. The summed E-state index contributed by atoms with van der Waals surface area (Å²) in [6, 6.07) is 3.51. The molecule has 1 rings (SSSR count). The van der Waals surface area contributed by atoms with E-state index < -0.39 is 11.5 Å². The van der Waals surface area contributed by atoms with E-state index in [1.165, 1.54) is 13.8 Å². The van der Waals surface area contributed by atoms with Crippen molar-refractivity contribution in [2.75, 3.05) is 0 Å². The Bertz CT molecular complexity index is 441. The molecule has 0 aliphatic carbocycles. The topological polar surface area (TPSA) is 69.6 Å². The first-order chi connectivity index (χ1) is 8.74. The monoisotopic (exact) mass is 284 g/mol. The second-order valence-corrected chi connectivity index (χ2v) is 6.19. The molecule has 0 radical (unpaired) electrons. The molecule has 106 valence electrons. The fraction of sp³-hybridized carbons (Fsp3) is 0.538. The Labute approximate surface area is 117 Å². The third kappa shape index (κ3) is 4.24. The molecule has 0 fully saturated rings. The standard InChI is InChI=1S/C13H20N2O3S/c1-9(2)15(8-10-6-5-7-19-10)12(18)14-13(3,4)11(16)17/h5-7,9H,8H2,1-4H3,(H,14,18)(H,16,17). The lowest BCUT2D eigenvalue weighted by Crippen LogP contribution is -2.55. The van der Waals surface area contributed by atoms with Crippen LogP contribution in [0, 0.1) is 0 Å². The number of rotatable bonds is 5. The van der Waals surface area contributed by atoms with E-state index >= 15 is 0 Å². The van der Waals surface area contributed by atoms with E-state index in [9.17, 15) is 9.59 Å². The highest BCUT2D eigenvalue weighted by atomic mass is 32.1. The molecule has 2 N–H and O–H groups in total. The Balaban J connectivity index is 2.77. The van der Waals surface area contributed by atoms with E-state index in [0.717, 1.165) is 4.88 Å². The maximum absolute atomic E-state index is 12.2. The molecule has 0 aromatic carbocycles. The zero-order chi connectivity index (χ0) is 14.6. The zero-order valence-electron chi connectivity index (χ0n) is 11.6. The normalized spacial score (nSPS) is 11.4. The highest BCUT2D eigenvalue weighted by molar-refractivity contribution is 7.09. The molecule has 0 unspecified atom stereocenters. The van der Waals surface area contributed by atoms with Crippen molar-refractivity contribution in [2.45, 2.75) is 45.8 Å². The molecule has 0 atom stereocenters. The summed E-state index contributed by atoms with van der Waals surface area (Å²) in [5, 5.41) is 13.5. The minimum absolute atomic E-state index is 0.00769. The maximum Gasteiger partial charge on any atom is 0.328 e. The molecule has 0 aliphatic heterocycles. The first-order valence-corrected chi connectivity index (χ1v) is 6.96. The van der Waals surface area contributed by atoms with Crippen molar-refractivity contribution < 1.29 is 14.7 Å². The molecule has 6 heteroatoms. The van der Waals surface area contributed by atoms with Gasteiger partial charge in [-0.3, -0.25) is 0 Å². The van der Waals surface area contributed by atoms with Crippen LogP contribution in [-0.2, 0) is 11.3 Å². The van der Waals surface area contributed by atoms with Crippen molar-refractivity contribution in [1.29, 1.82) is 0 Å². The Morgan fingerprint density at radius 2 is 2.11 bits per heavy atom. The van der Waals surface area contributed by atoms with Crippen LogP contribution >= 0.6 is 11.3 Å². The molecular weight excluding hydrogens is 264 g/mol. The quantitative estimate of drug-likeness (QED) is 0.873. The Morgan fingerprint density at radius 3 is 2.53 bits per heavy atom. The summed E-state index contributed by atoms with van der Waals surface area (Å²) in [6.07, 6.45) is 0. The Hall–Kier alpha value is -1.56. The van der Waals surface area contributed by atoms with Crippen molar-refractivity contribution >= 4 is 23.3 Å². The van der Waals surface area contributed by atoms with Crippen LogP contribution < -0.4 is 5.32 Å². The van der Waals surface area contributed by atoms with Gasteiger partial charge in [-0.2, -0.15) is 0 Å². The summed E-state index contributed by atoms with van der Waals surface area (Å²) in [5.41, 5.74) is -1.28. The molecule has 2 amide bonds. The number of carboxylic acid groups (broad SMARTS) is 1. The van der Waals surface area contributed by atoms with Gasteiger partial charge in [0.1, 0.15) is 5.54 Å². The predicted octanol–water partition coefficient (Wildman–Crippen LogP) is 2.53. The summed E-state index contributed by atoms with van der Waals surface area (Å²) >= 11 is 1.57. The van der Waals surface area contributed by atoms with Crippen molar-refractivity contribution in [3.63, 3.8) is 0 Å². The van der Waals surface area contributed by atoms with Gasteiger partial charge in [0.05, 0.1) is 6.54 Å². The van der Waals surface area contributed by atoms with Gasteiger partial charge in [-0.1, -0.05) is 6.07 Å². The smallest absolute Gasteiger partial charge is 0.328 e. The van der Waals surface area contributed by atoms with E-state index in [1.54, 1.807) is 16.2 Å². The van der Waals surface area contributed by atoms with E-state index in [4.69, 9.17) is 5.11 Å². The lowest BCUT2D eigenvalue weighted by molar-refractivity contribution is -0.143. The number of carbonyl (C=O) groups excluding carboxylic acids is 1. The van der Waals surface area contributed by atoms with Crippen LogP contribution in [-0.4, -0.2) is 33.6 Å². The van der Waals surface area contributed by atoms with Crippen LogP contribution in [0.1, 0.15) is 32.6 Å². The number of hydrogen-bond donors (Lipinski definition) is 2. The zero-order valence-corrected chi connectivity index (χ0v) is 12.5. The van der Waals surface area contributed by atoms with Crippen molar-refractivity contribution in [2.24, 2.45) is 0 Å². The lowest BCUT2D eigenvalue weighted by atomic mass is 10.1. The molecular formula is C13H20N2O3S. The number of carbonyl (C=O) groups is 2. The second-order valence-electron chi connectivity index (χ2n) is 5.16. The van der Waals surface area contributed by atoms with Crippen LogP contribution in [0.5, 0.6) is 0 Å². The van der Waals surface area contributed by atoms with Crippen LogP contribution in [0.4, 0.5) is 4.79 Å². The van der Waals surface area contributed by atoms with Gasteiger partial charge in [0.2, 0.25) is 0 Å². The number of nitrogens with one attached hydrogen (secondary N) is 1. The SMILES string of the molecule is CC(C)N(Cc1cccs1)C(=O)NC(C)(C)C(=O)O. The minimum atomic E-state index is -1.28. The van der Waals surface area contributed by atoms with Crippen LogP contribution in [0.3, 0.4) is 0 Å². The highest BCUT2D eigenvalue weighted by Crippen LogP contribution is 2.15. The number of aliphatic carboxylic acids is 1. The molecule has 0 saturated carbocycles. The summed E-state index contributed by atoms with van der Waals surface area (Å²) in [6.45, 7) is 7.23. The van der Waals surface area contributed by atoms with Gasteiger partial charge in [0, 0.05) is 10.9 Å². The summed E-state index contributed by atoms with van der Waals surface area (Å²) in [7, 11) is 0. The van der Waals surface area contributed by atoms with Crippen molar-refractivity contribution in [3.8, 4) is 0 Å². The third-order valence-electron chi connectivity index (χ3n) is 2.74. The number of hydrogen-bond acceptors (Lipinski definition) is 3. The summed E-state index contributed by atoms with van der Waals surface area (Å²) < 4.78 is 0. The van der Waals surface area contributed by atoms with Gasteiger partial charge in [-0.15, -0.1) is 11.3 Å². The number of urea groups is 1. The van der Waals surface area contributed by atoms with Gasteiger partial charge in [0.25, 0.3) is 0 Å². The number of thiophene rings is 1. The van der Waals surface area contributed by atoms with Crippen LogP contribution in [0.15, 0.2) is 17.5 Å². The number of nitrogens with zero attached hydrogens (tertiary/aromatic N) is 1. The molecule has 1 aromatic heterocycles. The van der Waals surface area contributed by atoms with Crippen LogP contribution in [0.25, 0.3) is 0 Å². The molecule has 0 bridgehead atoms. The first-order valence-electron chi connectivity index (χ1n) is 6.08. The number of amides is 2. The average Bonchev–Trinajstić information content (AvgIpc) is 2.76. The molecule has 19 heavy (non-hydrogen) atoms. The summed E-state index contributed by atoms with van der Waals surface area (Å²) in [5.74, 6) is -1.05. The predicted molar refractivity (Wildman–Crippen MR) is 75.2 cm³/mol. The Morgan fingerprint density at radius 1 is 1.47 bits per heavy atom. The molecule has 5 nitrogen and oxygen atoms in total. The van der Waals surface area contributed by atoms with Crippen molar-refractivity contribution in [1.82, 2.24) is 10.2 Å². The summed E-state index contributed by atoms with van der Waals surface area (Å²) in [4.78, 5) is 25.9. The van der Waals surface area contributed by atoms with Gasteiger partial charge in [-0.05, 0) is 39.1 Å². The third-order valence-corrected chi connectivity index (χ3v) is 3.61. The molecule has 1 heterocycles. The molecule has 1 aromatic rings. The first kappa shape index (κ1) is 15.5. The molecule has 0 spiro atoms. The van der Waals surface area contributed by atoms with E-state index in [0.29, 0.717) is 6.54 Å². The molecule has 0 aliphatic rings. The van der Waals surface area contributed by atoms with Gasteiger partial charge >= 0.3 is 12.0 Å². The van der Waals surface area contributed by atoms with E-state index in [-0.39, 0.29) is 12.1 Å². The fourth-order valence-electron chi connectivity index (χ4n) is 1.45. The highest BCUT2D eigenvalue weighted by Gasteiger charge is 2.31. The number of carboxylic acids is 1. The van der Waals surface area contributed by atoms with Crippen molar-refractivity contribution in [3.05, 3.63) is 22.4 Å². The second kappa shape index (κ2) is 6.06. The van der Waals surface area contributed by atoms with Gasteiger partial charge in [0.15, 0.2) is 0 Å². The Kier molecular flexibility index (Phi) is 4.94. The van der Waals surface area contributed by atoms with Gasteiger partial charge < -0.3 is 15.3 Å².